The van der Waals surface area contributed by atoms with Crippen molar-refractivity contribution in [2.75, 3.05) is 0 Å². The van der Waals surface area contributed by atoms with E-state index in [4.69, 9.17) is 17.5 Å². The molecule has 15 heavy (non-hydrogen) atoms. The van der Waals surface area contributed by atoms with E-state index < -0.39 is 6.35 Å². The van der Waals surface area contributed by atoms with E-state index in [2.05, 4.69) is 10.3 Å². The molecule has 88 valence electrons. The van der Waals surface area contributed by atoms with Crippen molar-refractivity contribution in [3.63, 3.8) is 0 Å². The summed E-state index contributed by atoms with van der Waals surface area (Å²) in [5.74, 6) is 6.70. The number of fused-ring (bicyclic) bond motifs is 1. The van der Waals surface area contributed by atoms with Crippen molar-refractivity contribution in [2.24, 2.45) is 0 Å². The van der Waals surface area contributed by atoms with E-state index in [1.807, 2.05) is 0 Å². The van der Waals surface area contributed by atoms with Gasteiger partial charge in [-0.25, -0.2) is 0 Å². The molecule has 2 fully saturated rings. The predicted molar refractivity (Wildman–Crippen MR) is 52.1 cm³/mol. The molecule has 0 bridgehead atoms. The Balaban J connectivity index is 2.09. The van der Waals surface area contributed by atoms with Gasteiger partial charge in [-0.2, -0.15) is 0 Å². The summed E-state index contributed by atoms with van der Waals surface area (Å²) < 4.78 is 0. The monoisotopic (exact) mass is 237 g/mol. The zero-order valence-corrected chi connectivity index (χ0v) is 8.79. The third-order valence-electron chi connectivity index (χ3n) is 3.14. The normalized spacial score (nSPS) is 51.2. The second-order valence-corrected chi connectivity index (χ2v) is 4.65. The van der Waals surface area contributed by atoms with E-state index in [1.165, 1.54) is 0 Å². The van der Waals surface area contributed by atoms with Gasteiger partial charge in [0.25, 0.3) is 6.35 Å². The summed E-state index contributed by atoms with van der Waals surface area (Å²) in [6, 6.07) is -0.649. The molecule has 4 N–H and O–H groups in total. The number of rotatable bonds is 1. The zero-order valence-electron chi connectivity index (χ0n) is 8.03. The first-order valence-electron chi connectivity index (χ1n) is 4.94. The lowest BCUT2D eigenvalue weighted by molar-refractivity contribution is -1.07. The van der Waals surface area contributed by atoms with Gasteiger partial charge in [-0.3, -0.25) is 5.17 Å². The van der Waals surface area contributed by atoms with Gasteiger partial charge >= 0.3 is 0 Å². The van der Waals surface area contributed by atoms with Crippen molar-refractivity contribution < 1.29 is 15.1 Å². The van der Waals surface area contributed by atoms with Crippen LogP contribution in [0.1, 0.15) is 19.3 Å². The summed E-state index contributed by atoms with van der Waals surface area (Å²) in [7, 11) is 0. The fourth-order valence-electron chi connectivity index (χ4n) is 2.34. The summed E-state index contributed by atoms with van der Waals surface area (Å²) in [5.41, 5.74) is 2.38. The number of alkyl halides is 1. The van der Waals surface area contributed by atoms with Gasteiger partial charge < -0.3 is 26.2 Å². The van der Waals surface area contributed by atoms with Gasteiger partial charge in [0.05, 0.1) is 0 Å². The molecule has 6 atom stereocenters. The number of hydroxylamine groups is 3. The second kappa shape index (κ2) is 4.48. The molecule has 0 aromatic carbocycles. The number of quaternary nitrogens is 2. The maximum Gasteiger partial charge on any atom is 0.278 e. The molecular weight excluding hydrogens is 224 g/mol. The van der Waals surface area contributed by atoms with Crippen LogP contribution in [0.3, 0.4) is 0 Å². The smallest absolute Gasteiger partial charge is 0.278 e. The Bertz CT molecular complexity index is 234. The summed E-state index contributed by atoms with van der Waals surface area (Å²) in [6.07, 6.45) is 0.803. The van der Waals surface area contributed by atoms with Gasteiger partial charge in [-0.05, 0) is 6.42 Å². The van der Waals surface area contributed by atoms with Crippen LogP contribution in [0.5, 0.6) is 0 Å². The highest BCUT2D eigenvalue weighted by atomic mass is 35.5. The van der Waals surface area contributed by atoms with E-state index in [0.717, 1.165) is 6.42 Å². The minimum absolute atomic E-state index is 0.0294. The molecule has 1 heterocycles. The molecule has 0 aromatic rings. The van der Waals surface area contributed by atoms with Gasteiger partial charge in [-0.15, -0.1) is 11.6 Å². The van der Waals surface area contributed by atoms with Crippen molar-refractivity contribution in [3.05, 3.63) is 16.3 Å². The minimum atomic E-state index is -1.09. The van der Waals surface area contributed by atoms with Crippen LogP contribution < -0.4 is 15.7 Å². The van der Waals surface area contributed by atoms with Crippen LogP contribution in [0, 0.1) is 10.4 Å². The fraction of sp³-hybridized carbons (Fsp3) is 1.00. The van der Waals surface area contributed by atoms with E-state index in [0.29, 0.717) is 12.8 Å². The van der Waals surface area contributed by atoms with E-state index in [1.54, 1.807) is 0 Å². The Morgan fingerprint density at radius 1 is 1.33 bits per heavy atom. The molecule has 1 saturated heterocycles. The van der Waals surface area contributed by atoms with Gasteiger partial charge in [0.15, 0.2) is 6.04 Å². The number of hydrogen-bond acceptors (Lipinski definition) is 4. The van der Waals surface area contributed by atoms with Gasteiger partial charge in [0.1, 0.15) is 6.04 Å². The first-order valence-corrected chi connectivity index (χ1v) is 5.37. The first-order chi connectivity index (χ1) is 7.13. The Kier molecular flexibility index (Phi) is 3.43. The Hall–Kier alpha value is 0.01000. The molecule has 0 amide bonds. The third-order valence-corrected chi connectivity index (χ3v) is 3.53. The Morgan fingerprint density at radius 2 is 2.07 bits per heavy atom. The van der Waals surface area contributed by atoms with Gasteiger partial charge in [0, 0.05) is 18.2 Å². The molecule has 1 aliphatic heterocycles. The molecule has 1 aliphatic carbocycles. The van der Waals surface area contributed by atoms with Crippen LogP contribution in [0.4, 0.5) is 0 Å². The average Bonchev–Trinajstić information content (AvgIpc) is 2.23. The maximum absolute atomic E-state index is 11.7. The van der Waals surface area contributed by atoms with Crippen LogP contribution >= 0.6 is 11.6 Å². The van der Waals surface area contributed by atoms with Crippen molar-refractivity contribution >= 4 is 11.6 Å². The topological polar surface area (TPSA) is 100 Å². The summed E-state index contributed by atoms with van der Waals surface area (Å²) >= 11 is 5.96. The number of nitrogens with one attached hydrogen (secondary N) is 4. The molecule has 0 spiro atoms. The molecular formula is C7H14ClN4O3-. The fourth-order valence-corrected chi connectivity index (χ4v) is 2.66. The Labute approximate surface area is 92.2 Å². The van der Waals surface area contributed by atoms with Crippen molar-refractivity contribution in [1.82, 2.24) is 5.43 Å². The highest BCUT2D eigenvalue weighted by molar-refractivity contribution is 6.20. The van der Waals surface area contributed by atoms with E-state index in [9.17, 15) is 10.4 Å². The molecule has 1 saturated carbocycles. The highest BCUT2D eigenvalue weighted by Crippen LogP contribution is 2.21. The van der Waals surface area contributed by atoms with Crippen molar-refractivity contribution in [2.45, 2.75) is 43.1 Å². The molecule has 8 heteroatoms. The van der Waals surface area contributed by atoms with Crippen LogP contribution in [0.15, 0.2) is 0 Å². The molecule has 0 aromatic heterocycles. The SMILES string of the molecule is [NH-]OC1N[NH+]([O-])C2CC(Cl)CCC2[NH+]1[O-]. The lowest BCUT2D eigenvalue weighted by atomic mass is 9.89. The lowest BCUT2D eigenvalue weighted by Gasteiger charge is -2.51. The Morgan fingerprint density at radius 3 is 2.73 bits per heavy atom. The average molecular weight is 238 g/mol. The summed E-state index contributed by atoms with van der Waals surface area (Å²) in [5, 5.41) is 22.9. The first kappa shape index (κ1) is 11.5. The summed E-state index contributed by atoms with van der Waals surface area (Å²) in [4.78, 5) is 4.19. The van der Waals surface area contributed by atoms with E-state index >= 15 is 0 Å². The number of halogens is 1. The van der Waals surface area contributed by atoms with Crippen LogP contribution in [-0.4, -0.2) is 23.8 Å². The van der Waals surface area contributed by atoms with Gasteiger partial charge in [-0.1, -0.05) is 5.43 Å². The molecule has 7 nitrogen and oxygen atoms in total. The number of hydrogen-bond donors (Lipinski definition) is 3. The molecule has 6 unspecified atom stereocenters. The third kappa shape index (κ3) is 2.10. The standard InChI is InChI=1S/C7H14ClN4O3/c8-4-1-2-5-6(3-4)12(14)10-7(15-9)11(5)13/h4-7,9-12H,1-3H2/q-1. The second-order valence-electron chi connectivity index (χ2n) is 4.03. The molecule has 2 rings (SSSR count). The summed E-state index contributed by atoms with van der Waals surface area (Å²) in [6.45, 7) is 0. The maximum atomic E-state index is 11.7. The lowest BCUT2D eigenvalue weighted by Crippen LogP contribution is -3.36. The predicted octanol–water partition coefficient (Wildman–Crippen LogP) is -1.93. The van der Waals surface area contributed by atoms with E-state index in [-0.39, 0.29) is 27.7 Å². The zero-order chi connectivity index (χ0) is 11.0. The quantitative estimate of drug-likeness (QED) is 0.281. The van der Waals surface area contributed by atoms with Crippen LogP contribution in [0.25, 0.3) is 5.90 Å². The van der Waals surface area contributed by atoms with Gasteiger partial charge in [0.2, 0.25) is 0 Å². The van der Waals surface area contributed by atoms with Crippen molar-refractivity contribution in [3.8, 4) is 0 Å². The van der Waals surface area contributed by atoms with Crippen molar-refractivity contribution in [1.29, 1.82) is 0 Å². The molecule has 0 radical (unpaired) electrons. The largest absolute Gasteiger partial charge is 0.631 e. The van der Waals surface area contributed by atoms with Crippen LogP contribution in [-0.2, 0) is 4.84 Å². The molecule has 2 aliphatic rings. The minimum Gasteiger partial charge on any atom is -0.631 e. The highest BCUT2D eigenvalue weighted by Gasteiger charge is 2.45. The van der Waals surface area contributed by atoms with Crippen LogP contribution in [0.2, 0.25) is 0 Å².